The Morgan fingerprint density at radius 2 is 1.18 bits per heavy atom. The number of nitrogens with zero attached hydrogens (tertiary/aromatic N) is 1. The minimum Gasteiger partial charge on any atom is -0.493 e. The summed E-state index contributed by atoms with van der Waals surface area (Å²) in [6.07, 6.45) is 0. The number of methoxy groups -OCH3 is 2. The molecule has 0 bridgehead atoms. The molecule has 0 radical (unpaired) electrons. The molecule has 1 aromatic carbocycles. The van der Waals surface area contributed by atoms with E-state index in [4.69, 9.17) is 20.3 Å². The van der Waals surface area contributed by atoms with E-state index in [0.717, 1.165) is 11.5 Å². The second-order valence-electron chi connectivity index (χ2n) is 2.35. The summed E-state index contributed by atoms with van der Waals surface area (Å²) in [5, 5.41) is 11.0. The molecule has 0 amide bonds. The van der Waals surface area contributed by atoms with Crippen LogP contribution in [0.1, 0.15) is 0 Å². The number of diazo groups is 1. The molecule has 0 saturated heterocycles. The quantitative estimate of drug-likeness (QED) is 0.491. The predicted octanol–water partition coefficient (Wildman–Crippen LogP) is 1.28. The highest BCUT2D eigenvalue weighted by atomic mass is 19.5. The largest absolute Gasteiger partial charge is 0.673 e. The molecule has 4 nitrogen and oxygen atoms in total. The van der Waals surface area contributed by atoms with Crippen LogP contribution >= 0.6 is 0 Å². The Bertz CT molecular complexity index is 304. The van der Waals surface area contributed by atoms with Gasteiger partial charge in [-0.3, -0.25) is 0 Å². The fraction of sp³-hybridized carbons (Fsp3) is 0.250. The van der Waals surface area contributed by atoms with Crippen LogP contribution in [0.25, 0.3) is 0 Å². The van der Waals surface area contributed by atoms with Crippen LogP contribution in [-0.2, 0) is 0 Å². The molecule has 9 heteroatoms. The Labute approximate surface area is 95.7 Å². The number of halogens is 4. The number of nitrogens with one attached hydrogen (secondary N) is 1. The topological polar surface area (TPSA) is 66.0 Å². The van der Waals surface area contributed by atoms with Crippen molar-refractivity contribution in [3.05, 3.63) is 24.3 Å². The summed E-state index contributed by atoms with van der Waals surface area (Å²) in [4.78, 5) is 0. The Kier molecular flexibility index (Phi) is 9.49. The average Bonchev–Trinajstić information content (AvgIpc) is 2.29. The first-order valence-electron chi connectivity index (χ1n) is 4.15. The molecule has 0 aliphatic rings. The van der Waals surface area contributed by atoms with Crippen LogP contribution in [0.15, 0.2) is 24.3 Å². The van der Waals surface area contributed by atoms with Gasteiger partial charge in [0.1, 0.15) is 0 Å². The summed E-state index contributed by atoms with van der Waals surface area (Å²) in [5.74, 6) is 1.54. The summed E-state index contributed by atoms with van der Waals surface area (Å²) >= 11 is 0. The fourth-order valence-electron chi connectivity index (χ4n) is 0.787. The van der Waals surface area contributed by atoms with Crippen molar-refractivity contribution in [3.8, 4) is 11.5 Å². The van der Waals surface area contributed by atoms with Crippen molar-refractivity contribution in [3.63, 3.8) is 0 Å². The van der Waals surface area contributed by atoms with Crippen molar-refractivity contribution in [1.82, 2.24) is 0 Å². The highest BCUT2D eigenvalue weighted by molar-refractivity contribution is 6.50. The van der Waals surface area contributed by atoms with Gasteiger partial charge in [0.25, 0.3) is 0 Å². The highest BCUT2D eigenvalue weighted by Crippen LogP contribution is 2.24. The zero-order valence-corrected chi connectivity index (χ0v) is 9.16. The van der Waals surface area contributed by atoms with Gasteiger partial charge in [0.05, 0.1) is 19.6 Å². The number of benzene rings is 1. The van der Waals surface area contributed by atoms with E-state index in [9.17, 15) is 17.3 Å². The molecular formula is C8H11BF4N2O2. The molecule has 0 aliphatic carbocycles. The maximum Gasteiger partial charge on any atom is 0.673 e. The van der Waals surface area contributed by atoms with Crippen LogP contribution in [0.2, 0.25) is 0 Å². The molecule has 17 heavy (non-hydrogen) atoms. The maximum atomic E-state index is 9.75. The third-order valence-corrected chi connectivity index (χ3v) is 1.29. The minimum atomic E-state index is -6.00. The van der Waals surface area contributed by atoms with E-state index in [2.05, 4.69) is 0 Å². The first kappa shape index (κ1) is 17.4. The van der Waals surface area contributed by atoms with E-state index in [1.807, 2.05) is 24.3 Å². The lowest BCUT2D eigenvalue weighted by Crippen LogP contribution is -2.11. The second kappa shape index (κ2) is 9.27. The van der Waals surface area contributed by atoms with Crippen molar-refractivity contribution in [1.29, 1.82) is 5.39 Å². The van der Waals surface area contributed by atoms with Crippen LogP contribution in [0, 0.1) is 5.39 Å². The number of ether oxygens (including phenoxy) is 2. The molecule has 0 heterocycles. The third-order valence-electron chi connectivity index (χ3n) is 1.29. The number of hydrogen-bond acceptors (Lipinski definition) is 3. The highest BCUT2D eigenvalue weighted by Gasteiger charge is 2.20. The summed E-state index contributed by atoms with van der Waals surface area (Å²) in [5.41, 5.74) is 0. The molecule has 0 spiro atoms. The first-order valence-corrected chi connectivity index (χ1v) is 4.15. The van der Waals surface area contributed by atoms with Gasteiger partial charge in [-0.2, -0.15) is 0 Å². The van der Waals surface area contributed by atoms with E-state index in [-0.39, 0.29) is 0 Å². The molecular weight excluding hydrogens is 243 g/mol. The molecule has 0 aromatic heterocycles. The Morgan fingerprint density at radius 1 is 0.941 bits per heavy atom. The van der Waals surface area contributed by atoms with Gasteiger partial charge in [-0.15, -0.1) is 0 Å². The van der Waals surface area contributed by atoms with Crippen LogP contribution in [-0.4, -0.2) is 21.5 Å². The lowest BCUT2D eigenvalue weighted by Gasteiger charge is -2.04. The van der Waals surface area contributed by atoms with Gasteiger partial charge in [0.2, 0.25) is 5.39 Å². The molecule has 1 aromatic rings. The molecule has 0 atom stereocenters. The lowest BCUT2D eigenvalue weighted by atomic mass is 10.3. The van der Waals surface area contributed by atoms with E-state index >= 15 is 0 Å². The summed E-state index contributed by atoms with van der Waals surface area (Å²) < 4.78 is 49.0. The van der Waals surface area contributed by atoms with E-state index in [1.54, 1.807) is 14.2 Å². The van der Waals surface area contributed by atoms with Gasteiger partial charge in [0.15, 0.2) is 11.5 Å². The van der Waals surface area contributed by atoms with Gasteiger partial charge in [-0.25, -0.2) is 0 Å². The standard InChI is InChI=1S/C8H10O2.BF4.N2/c1-9-7-5-3-4-6-8(7)10-2;2-1(3,4)5;1-2/h3-6H,1-2H3;;/q;-1;/p+1. The predicted molar refractivity (Wildman–Crippen MR) is 52.4 cm³/mol. The third kappa shape index (κ3) is 12.0. The number of hydrogen-bond donors (Lipinski definition) is 1. The van der Waals surface area contributed by atoms with Gasteiger partial charge in [-0.1, -0.05) is 12.1 Å². The van der Waals surface area contributed by atoms with Crippen LogP contribution in [0.3, 0.4) is 0 Å². The average molecular weight is 254 g/mol. The van der Waals surface area contributed by atoms with Crippen LogP contribution in [0.4, 0.5) is 17.3 Å². The van der Waals surface area contributed by atoms with Crippen molar-refractivity contribution >= 4 is 7.25 Å². The molecule has 1 N–H and O–H groups in total. The smallest absolute Gasteiger partial charge is 0.493 e. The van der Waals surface area contributed by atoms with Crippen molar-refractivity contribution < 1.29 is 32.1 Å². The summed E-state index contributed by atoms with van der Waals surface area (Å²) in [7, 11) is -2.75. The molecule has 0 aliphatic heterocycles. The van der Waals surface area contributed by atoms with Gasteiger partial charge in [-0.05, 0) is 12.1 Å². The normalized spacial score (nSPS) is 8.94. The SMILES string of the molecule is COc1ccccc1OC.F[B-](F)(F)F.N#[NH+]. The zero-order valence-electron chi connectivity index (χ0n) is 9.16. The fourth-order valence-corrected chi connectivity index (χ4v) is 0.787. The number of rotatable bonds is 2. The summed E-state index contributed by atoms with van der Waals surface area (Å²) in [6.45, 7) is 0. The van der Waals surface area contributed by atoms with E-state index < -0.39 is 7.25 Å². The maximum absolute atomic E-state index is 9.75. The van der Waals surface area contributed by atoms with Gasteiger partial charge >= 0.3 is 7.25 Å². The Balaban J connectivity index is 0. The van der Waals surface area contributed by atoms with Crippen LogP contribution in [0.5, 0.6) is 11.5 Å². The van der Waals surface area contributed by atoms with Crippen molar-refractivity contribution in [2.75, 3.05) is 14.2 Å². The molecule has 0 saturated carbocycles. The molecule has 0 unspecified atom stereocenters. The molecule has 1 rings (SSSR count). The monoisotopic (exact) mass is 254 g/mol. The number of para-hydroxylation sites is 2. The summed E-state index contributed by atoms with van der Waals surface area (Å²) in [6, 6.07) is 7.53. The van der Waals surface area contributed by atoms with Crippen LogP contribution < -0.4 is 14.9 Å². The van der Waals surface area contributed by atoms with Gasteiger partial charge < -0.3 is 26.7 Å². The molecule has 0 fully saturated rings. The second-order valence-corrected chi connectivity index (χ2v) is 2.35. The lowest BCUT2D eigenvalue weighted by molar-refractivity contribution is -0.175. The zero-order chi connectivity index (χ0) is 13.9. The Morgan fingerprint density at radius 3 is 1.35 bits per heavy atom. The van der Waals surface area contributed by atoms with Crippen molar-refractivity contribution in [2.45, 2.75) is 0 Å². The van der Waals surface area contributed by atoms with E-state index in [1.165, 1.54) is 0 Å². The van der Waals surface area contributed by atoms with E-state index in [0.29, 0.717) is 0 Å². The molecule has 96 valence electrons. The van der Waals surface area contributed by atoms with Crippen molar-refractivity contribution in [2.24, 2.45) is 0 Å². The van der Waals surface area contributed by atoms with Gasteiger partial charge in [0, 0.05) is 0 Å². The Hall–Kier alpha value is -1.98. The minimum absolute atomic E-state index is 0.769. The first-order chi connectivity index (χ1) is 7.88.